The Morgan fingerprint density at radius 1 is 1.42 bits per heavy atom. The number of carbonyl (C=O) groups excluding carboxylic acids is 1. The van der Waals surface area contributed by atoms with E-state index in [1.807, 2.05) is 25.3 Å². The second kappa shape index (κ2) is 4.19. The summed E-state index contributed by atoms with van der Waals surface area (Å²) in [5, 5.41) is 3.99. The van der Waals surface area contributed by atoms with Gasteiger partial charge in [0.2, 0.25) is 5.91 Å². The van der Waals surface area contributed by atoms with E-state index in [2.05, 4.69) is 33.5 Å². The van der Waals surface area contributed by atoms with Crippen LogP contribution in [0.1, 0.15) is 31.2 Å². The van der Waals surface area contributed by atoms with Crippen molar-refractivity contribution in [2.45, 2.75) is 32.1 Å². The highest BCUT2D eigenvalue weighted by atomic mass is 16.2. The van der Waals surface area contributed by atoms with Gasteiger partial charge in [-0.1, -0.05) is 13.0 Å². The predicted molar refractivity (Wildman–Crippen MR) is 74.1 cm³/mol. The molecule has 1 aliphatic rings. The normalized spacial score (nSPS) is 22.7. The fourth-order valence-corrected chi connectivity index (χ4v) is 2.64. The molecule has 2 N–H and O–H groups in total. The van der Waals surface area contributed by atoms with E-state index < -0.39 is 0 Å². The molecule has 98 valence electrons. The smallest absolute Gasteiger partial charge is 0.241 e. The summed E-state index contributed by atoms with van der Waals surface area (Å²) >= 11 is 0. The number of hydrogen-bond acceptors (Lipinski definition) is 3. The zero-order chi connectivity index (χ0) is 13.5. The van der Waals surface area contributed by atoms with E-state index >= 15 is 0 Å². The highest BCUT2D eigenvalue weighted by Gasteiger charge is 2.34. The fraction of sp³-hybridized carbons (Fsp3) is 0.357. The van der Waals surface area contributed by atoms with Gasteiger partial charge in [-0.3, -0.25) is 4.79 Å². The number of rotatable bonds is 2. The highest BCUT2D eigenvalue weighted by molar-refractivity contribution is 5.90. The number of fused-ring (bicyclic) bond motifs is 1. The number of amides is 1. The maximum absolute atomic E-state index is 11.6. The van der Waals surface area contributed by atoms with Crippen molar-refractivity contribution in [1.82, 2.24) is 15.4 Å². The Labute approximate surface area is 111 Å². The second-order valence-electron chi connectivity index (χ2n) is 5.03. The summed E-state index contributed by atoms with van der Waals surface area (Å²) in [7, 11) is 0. The van der Waals surface area contributed by atoms with E-state index in [0.29, 0.717) is 6.42 Å². The predicted octanol–water partition coefficient (Wildman–Crippen LogP) is 2.02. The minimum atomic E-state index is -0.310. The number of hydrogen-bond donors (Lipinski definition) is 2. The Kier molecular flexibility index (Phi) is 2.62. The third kappa shape index (κ3) is 1.91. The van der Waals surface area contributed by atoms with Crippen molar-refractivity contribution in [3.05, 3.63) is 29.6 Å². The molecule has 0 aliphatic carbocycles. The quantitative estimate of drug-likeness (QED) is 0.863. The zero-order valence-corrected chi connectivity index (χ0v) is 11.0. The summed E-state index contributed by atoms with van der Waals surface area (Å²) in [4.78, 5) is 19.3. The molecule has 5 nitrogen and oxygen atoms in total. The van der Waals surface area contributed by atoms with Gasteiger partial charge in [-0.05, 0) is 31.0 Å². The molecule has 0 spiro atoms. The van der Waals surface area contributed by atoms with Gasteiger partial charge in [0.25, 0.3) is 0 Å². The number of hydrazone groups is 1. The molecule has 1 aliphatic heterocycles. The van der Waals surface area contributed by atoms with Gasteiger partial charge >= 0.3 is 0 Å². The average molecular weight is 256 g/mol. The Morgan fingerprint density at radius 3 is 3.00 bits per heavy atom. The minimum Gasteiger partial charge on any atom is -0.342 e. The fourth-order valence-electron chi connectivity index (χ4n) is 2.64. The number of imidazole rings is 1. The summed E-state index contributed by atoms with van der Waals surface area (Å²) in [6.07, 6.45) is 3.12. The molecule has 1 atom stereocenters. The van der Waals surface area contributed by atoms with Gasteiger partial charge in [0.15, 0.2) is 0 Å². The van der Waals surface area contributed by atoms with Crippen LogP contribution in [0.2, 0.25) is 0 Å². The van der Waals surface area contributed by atoms with Gasteiger partial charge in [0.05, 0.1) is 11.0 Å². The first-order valence-electron chi connectivity index (χ1n) is 6.43. The van der Waals surface area contributed by atoms with Gasteiger partial charge in [0, 0.05) is 18.1 Å². The number of aromatic amines is 1. The van der Waals surface area contributed by atoms with E-state index in [1.54, 1.807) is 0 Å². The number of benzene rings is 1. The third-order valence-corrected chi connectivity index (χ3v) is 3.78. The molecule has 2 aromatic rings. The monoisotopic (exact) mass is 256 g/mol. The maximum Gasteiger partial charge on any atom is 0.241 e. The largest absolute Gasteiger partial charge is 0.342 e. The van der Waals surface area contributed by atoms with E-state index in [9.17, 15) is 4.79 Å². The molecule has 1 aromatic carbocycles. The van der Waals surface area contributed by atoms with Crippen molar-refractivity contribution in [2.75, 3.05) is 0 Å². The Morgan fingerprint density at radius 2 is 2.26 bits per heavy atom. The number of nitrogens with zero attached hydrogens (tertiary/aromatic N) is 2. The molecule has 3 rings (SSSR count). The summed E-state index contributed by atoms with van der Waals surface area (Å²) < 4.78 is 0. The molecular formula is C14H16N4O. The molecule has 0 saturated heterocycles. The first kappa shape index (κ1) is 11.9. The molecule has 0 saturated carbocycles. The lowest BCUT2D eigenvalue weighted by Crippen LogP contribution is -2.39. The summed E-state index contributed by atoms with van der Waals surface area (Å²) in [5.41, 5.74) is 5.23. The zero-order valence-electron chi connectivity index (χ0n) is 11.0. The SMILES string of the molecule is CCC1(c2ccc3nc(C)[nH]c3c2)C=NNC(=O)C1. The van der Waals surface area contributed by atoms with Gasteiger partial charge in [-0.2, -0.15) is 5.10 Å². The van der Waals surface area contributed by atoms with Crippen molar-refractivity contribution < 1.29 is 4.79 Å². The van der Waals surface area contributed by atoms with Crippen LogP contribution in [0.3, 0.4) is 0 Å². The van der Waals surface area contributed by atoms with Gasteiger partial charge < -0.3 is 4.98 Å². The molecule has 5 heteroatoms. The molecule has 1 unspecified atom stereocenters. The number of H-pyrrole nitrogens is 1. The number of carbonyl (C=O) groups is 1. The first-order chi connectivity index (χ1) is 9.13. The van der Waals surface area contributed by atoms with Crippen molar-refractivity contribution in [3.8, 4) is 0 Å². The lowest BCUT2D eigenvalue weighted by atomic mass is 9.75. The van der Waals surface area contributed by atoms with Crippen LogP contribution in [-0.4, -0.2) is 22.1 Å². The van der Waals surface area contributed by atoms with Crippen molar-refractivity contribution >= 4 is 23.2 Å². The molecule has 0 bridgehead atoms. The standard InChI is InChI=1S/C14H16N4O/c1-3-14(7-13(19)18-15-8-14)10-4-5-11-12(6-10)17-9(2)16-11/h4-6,8H,3,7H2,1-2H3,(H,16,17)(H,18,19). The molecule has 0 fully saturated rings. The van der Waals surface area contributed by atoms with Crippen molar-refractivity contribution in [2.24, 2.45) is 5.10 Å². The van der Waals surface area contributed by atoms with Crippen molar-refractivity contribution in [1.29, 1.82) is 0 Å². The third-order valence-electron chi connectivity index (χ3n) is 3.78. The molecule has 1 aromatic heterocycles. The van der Waals surface area contributed by atoms with Crippen LogP contribution in [0, 0.1) is 6.92 Å². The van der Waals surface area contributed by atoms with Crippen LogP contribution in [-0.2, 0) is 10.2 Å². The first-order valence-corrected chi connectivity index (χ1v) is 6.43. The molecule has 2 heterocycles. The summed E-state index contributed by atoms with van der Waals surface area (Å²) in [6.45, 7) is 4.01. The lowest BCUT2D eigenvalue weighted by molar-refractivity contribution is -0.122. The highest BCUT2D eigenvalue weighted by Crippen LogP contribution is 2.33. The molecule has 1 amide bonds. The topological polar surface area (TPSA) is 70.1 Å². The minimum absolute atomic E-state index is 0.0368. The van der Waals surface area contributed by atoms with Gasteiger partial charge in [-0.25, -0.2) is 10.4 Å². The second-order valence-corrected chi connectivity index (χ2v) is 5.03. The van der Waals surface area contributed by atoms with E-state index in [4.69, 9.17) is 0 Å². The van der Waals surface area contributed by atoms with Crippen LogP contribution in [0.5, 0.6) is 0 Å². The van der Waals surface area contributed by atoms with E-state index in [1.165, 1.54) is 0 Å². The number of aromatic nitrogens is 2. The molecule has 0 radical (unpaired) electrons. The van der Waals surface area contributed by atoms with Gasteiger partial charge in [0.1, 0.15) is 5.82 Å². The molecule has 19 heavy (non-hydrogen) atoms. The van der Waals surface area contributed by atoms with Crippen LogP contribution in [0.15, 0.2) is 23.3 Å². The summed E-state index contributed by atoms with van der Waals surface area (Å²) in [6, 6.07) is 6.10. The van der Waals surface area contributed by atoms with E-state index in [0.717, 1.165) is 28.8 Å². The Balaban J connectivity index is 2.13. The molecular weight excluding hydrogens is 240 g/mol. The summed E-state index contributed by atoms with van der Waals surface area (Å²) in [5.74, 6) is 0.859. The Hall–Kier alpha value is -2.17. The average Bonchev–Trinajstić information content (AvgIpc) is 2.77. The van der Waals surface area contributed by atoms with E-state index in [-0.39, 0.29) is 11.3 Å². The van der Waals surface area contributed by atoms with Crippen molar-refractivity contribution in [3.63, 3.8) is 0 Å². The maximum atomic E-state index is 11.6. The van der Waals surface area contributed by atoms with Crippen LogP contribution < -0.4 is 5.43 Å². The Bertz CT molecular complexity index is 673. The number of aryl methyl sites for hydroxylation is 1. The van der Waals surface area contributed by atoms with Crippen LogP contribution in [0.25, 0.3) is 11.0 Å². The van der Waals surface area contributed by atoms with Gasteiger partial charge in [-0.15, -0.1) is 0 Å². The van der Waals surface area contributed by atoms with Crippen LogP contribution >= 0.6 is 0 Å². The van der Waals surface area contributed by atoms with Crippen LogP contribution in [0.4, 0.5) is 0 Å². The number of nitrogens with one attached hydrogen (secondary N) is 2. The lowest BCUT2D eigenvalue weighted by Gasteiger charge is -2.30.